The summed E-state index contributed by atoms with van der Waals surface area (Å²) in [4.78, 5) is 20.8. The van der Waals surface area contributed by atoms with E-state index in [0.29, 0.717) is 0 Å². The first-order valence-electron chi connectivity index (χ1n) is 3.84. The summed E-state index contributed by atoms with van der Waals surface area (Å²) in [6, 6.07) is 0. The zero-order valence-electron chi connectivity index (χ0n) is 7.74. The van der Waals surface area contributed by atoms with Crippen molar-refractivity contribution in [3.05, 3.63) is 11.6 Å². The quantitative estimate of drug-likeness (QED) is 0.332. The van der Waals surface area contributed by atoms with Gasteiger partial charge in [-0.05, 0) is 6.42 Å². The first-order valence-corrected chi connectivity index (χ1v) is 5.34. The third-order valence-corrected chi connectivity index (χ3v) is 2.91. The second-order valence-corrected chi connectivity index (χ2v) is 4.25. The molecule has 9 heteroatoms. The normalized spacial score (nSPS) is 13.8. The molecule has 0 rings (SSSR count). The number of hydrogen-bond acceptors (Lipinski definition) is 4. The first-order chi connectivity index (χ1) is 6.70. The minimum atomic E-state index is -4.62. The molecule has 1 unspecified atom stereocenters. The van der Waals surface area contributed by atoms with E-state index >= 15 is 0 Å². The Labute approximate surface area is 114 Å². The van der Waals surface area contributed by atoms with Crippen LogP contribution in [0.1, 0.15) is 13.3 Å². The van der Waals surface area contributed by atoms with Gasteiger partial charge >= 0.3 is 41.5 Å². The van der Waals surface area contributed by atoms with Crippen LogP contribution < -0.4 is 0 Å². The molecule has 0 heterocycles. The number of carboxylic acids is 2. The molecule has 0 aromatic carbocycles. The van der Waals surface area contributed by atoms with Crippen molar-refractivity contribution >= 4 is 51.6 Å². The zero-order valence-corrected chi connectivity index (χ0v) is 8.56. The topological polar surface area (TPSA) is 129 Å². The van der Waals surface area contributed by atoms with Gasteiger partial charge in [-0.2, -0.15) is 8.42 Å². The molecule has 0 fully saturated rings. The van der Waals surface area contributed by atoms with Gasteiger partial charge in [0.25, 0.3) is 10.1 Å². The Morgan fingerprint density at radius 1 is 1.31 bits per heavy atom. The zero-order chi connectivity index (χ0) is 12.2. The maximum absolute atomic E-state index is 10.7. The molecule has 0 aromatic heterocycles. The van der Waals surface area contributed by atoms with Gasteiger partial charge in [-0.15, -0.1) is 0 Å². The third kappa shape index (κ3) is 5.61. The Hall–Kier alpha value is -0.410. The molecule has 3 N–H and O–H groups in total. The van der Waals surface area contributed by atoms with E-state index in [-0.39, 0.29) is 42.1 Å². The summed E-state index contributed by atoms with van der Waals surface area (Å²) < 4.78 is 30.2. The summed E-state index contributed by atoms with van der Waals surface area (Å²) in [5.41, 5.74) is -0.868. The Morgan fingerprint density at radius 3 is 1.94 bits per heavy atom. The van der Waals surface area contributed by atoms with E-state index in [1.54, 1.807) is 0 Å². The van der Waals surface area contributed by atoms with Crippen LogP contribution in [0.25, 0.3) is 0 Å². The molecule has 0 saturated heterocycles. The van der Waals surface area contributed by atoms with Crippen LogP contribution in [0.5, 0.6) is 0 Å². The molecule has 0 aliphatic heterocycles. The summed E-state index contributed by atoms with van der Waals surface area (Å²) >= 11 is 0. The summed E-state index contributed by atoms with van der Waals surface area (Å²) in [6.45, 7) is 1.32. The van der Waals surface area contributed by atoms with E-state index in [2.05, 4.69) is 0 Å². The van der Waals surface area contributed by atoms with Crippen molar-refractivity contribution in [3.63, 3.8) is 0 Å². The first kappa shape index (κ1) is 18.0. The molecule has 0 bridgehead atoms. The molecule has 0 spiro atoms. The molecule has 0 aliphatic carbocycles. The Bertz CT molecular complexity index is 397. The van der Waals surface area contributed by atoms with Gasteiger partial charge in [0.1, 0.15) is 5.25 Å². The minimum absolute atomic E-state index is 0. The molecule has 0 aromatic rings. The van der Waals surface area contributed by atoms with E-state index in [0.717, 1.165) is 0 Å². The van der Waals surface area contributed by atoms with Gasteiger partial charge in [0.05, 0.1) is 5.57 Å². The monoisotopic (exact) mass is 262 g/mol. The van der Waals surface area contributed by atoms with Gasteiger partial charge in [0, 0.05) is 6.08 Å². The number of hydrogen-bond donors (Lipinski definition) is 3. The van der Waals surface area contributed by atoms with Crippen LogP contribution in [0.3, 0.4) is 0 Å². The molecule has 0 saturated carbocycles. The van der Waals surface area contributed by atoms with Gasteiger partial charge in [-0.25, -0.2) is 9.59 Å². The van der Waals surface area contributed by atoms with Crippen LogP contribution in [-0.2, 0) is 19.7 Å². The van der Waals surface area contributed by atoms with E-state index in [4.69, 9.17) is 14.8 Å². The van der Waals surface area contributed by atoms with Crippen LogP contribution in [0, 0.1) is 0 Å². The standard InChI is InChI=1S/C7H10O7S.Na.H/c1-2-5(15(12,13)14)4(7(10)11)3-6(8)9;;/h3,5H,2H2,1H3,(H,8,9)(H,10,11)(H,12,13,14);;. The van der Waals surface area contributed by atoms with Gasteiger partial charge in [0.2, 0.25) is 0 Å². The van der Waals surface area contributed by atoms with Crippen molar-refractivity contribution in [1.29, 1.82) is 0 Å². The van der Waals surface area contributed by atoms with Crippen LogP contribution in [0.4, 0.5) is 0 Å². The van der Waals surface area contributed by atoms with E-state index in [9.17, 15) is 18.0 Å². The van der Waals surface area contributed by atoms with Crippen molar-refractivity contribution < 1.29 is 32.8 Å². The predicted octanol–water partition coefficient (Wildman–Crippen LogP) is -0.900. The van der Waals surface area contributed by atoms with Gasteiger partial charge in [0.15, 0.2) is 0 Å². The summed E-state index contributed by atoms with van der Waals surface area (Å²) in [5, 5.41) is 15.2. The molecular weight excluding hydrogens is 251 g/mol. The number of rotatable bonds is 5. The number of carboxylic acid groups (broad SMARTS) is 2. The second-order valence-electron chi connectivity index (χ2n) is 2.65. The molecule has 0 aliphatic rings. The Morgan fingerprint density at radius 2 is 1.75 bits per heavy atom. The van der Waals surface area contributed by atoms with Crippen LogP contribution in [0.15, 0.2) is 11.6 Å². The van der Waals surface area contributed by atoms with Crippen molar-refractivity contribution in [2.75, 3.05) is 0 Å². The second kappa shape index (κ2) is 7.02. The fraction of sp³-hybridized carbons (Fsp3) is 0.429. The van der Waals surface area contributed by atoms with Gasteiger partial charge < -0.3 is 10.2 Å². The molecule has 0 radical (unpaired) electrons. The molecule has 0 amide bonds. The SMILES string of the molecule is CCC(C(=CC(=O)O)C(=O)O)S(=O)(=O)O.[NaH]. The molecule has 7 nitrogen and oxygen atoms in total. The average Bonchev–Trinajstić information content (AvgIpc) is 2.00. The van der Waals surface area contributed by atoms with Crippen LogP contribution >= 0.6 is 0 Å². The number of aliphatic carboxylic acids is 2. The van der Waals surface area contributed by atoms with E-state index < -0.39 is 32.9 Å². The average molecular weight is 262 g/mol. The van der Waals surface area contributed by atoms with Crippen LogP contribution in [0.2, 0.25) is 0 Å². The van der Waals surface area contributed by atoms with Gasteiger partial charge in [-0.3, -0.25) is 4.55 Å². The molecule has 16 heavy (non-hydrogen) atoms. The maximum atomic E-state index is 10.7. The summed E-state index contributed by atoms with van der Waals surface area (Å²) in [7, 11) is -4.62. The van der Waals surface area contributed by atoms with Crippen molar-refractivity contribution in [3.8, 4) is 0 Å². The fourth-order valence-electron chi connectivity index (χ4n) is 1.02. The molecule has 1 atom stereocenters. The van der Waals surface area contributed by atoms with E-state index in [1.165, 1.54) is 6.92 Å². The van der Waals surface area contributed by atoms with Crippen LogP contribution in [-0.4, -0.2) is 69.9 Å². The third-order valence-electron chi connectivity index (χ3n) is 1.60. The van der Waals surface area contributed by atoms with Crippen molar-refractivity contribution in [2.45, 2.75) is 18.6 Å². The molecular formula is C7H11NaO7S. The number of carbonyl (C=O) groups is 2. The Balaban J connectivity index is 0. The summed E-state index contributed by atoms with van der Waals surface area (Å²) in [5.74, 6) is -3.28. The Kier molecular flexibility index (Phi) is 7.89. The summed E-state index contributed by atoms with van der Waals surface area (Å²) in [6.07, 6.45) is 0.0223. The fourth-order valence-corrected chi connectivity index (χ4v) is 1.93. The predicted molar refractivity (Wildman–Crippen MR) is 56.1 cm³/mol. The molecule has 88 valence electrons. The van der Waals surface area contributed by atoms with Crippen molar-refractivity contribution in [2.24, 2.45) is 0 Å². The van der Waals surface area contributed by atoms with Gasteiger partial charge in [-0.1, -0.05) is 6.92 Å². The van der Waals surface area contributed by atoms with Crippen molar-refractivity contribution in [1.82, 2.24) is 0 Å². The van der Waals surface area contributed by atoms with E-state index in [1.807, 2.05) is 0 Å².